The second-order valence-corrected chi connectivity index (χ2v) is 9.37. The van der Waals surface area contributed by atoms with Crippen molar-refractivity contribution in [2.24, 2.45) is 5.92 Å². The highest BCUT2D eigenvalue weighted by Crippen LogP contribution is 2.16. The molecule has 34 heavy (non-hydrogen) atoms. The third-order valence-corrected chi connectivity index (χ3v) is 6.28. The summed E-state index contributed by atoms with van der Waals surface area (Å²) in [6.45, 7) is 5.99. The maximum absolute atomic E-state index is 13.3. The fourth-order valence-electron chi connectivity index (χ4n) is 4.04. The molecule has 1 N–H and O–H groups in total. The molecule has 2 aromatic heterocycles. The van der Waals surface area contributed by atoms with Gasteiger partial charge in [-0.3, -0.25) is 23.5 Å². The van der Waals surface area contributed by atoms with E-state index in [-0.39, 0.29) is 11.5 Å². The predicted octanol–water partition coefficient (Wildman–Crippen LogP) is 3.68. The van der Waals surface area contributed by atoms with E-state index < -0.39 is 0 Å². The number of nitrogens with one attached hydrogen (secondary N) is 1. The maximum atomic E-state index is 13.3. The topological polar surface area (TPSA) is 76.6 Å². The minimum Gasteiger partial charge on any atom is -0.355 e. The number of carbonyl (C=O) groups is 1. The van der Waals surface area contributed by atoms with Crippen LogP contribution in [-0.4, -0.2) is 43.7 Å². The average molecular weight is 479 g/mol. The molecule has 178 valence electrons. The molecule has 0 spiro atoms. The van der Waals surface area contributed by atoms with Gasteiger partial charge in [-0.25, -0.2) is 4.68 Å². The van der Waals surface area contributed by atoms with Gasteiger partial charge in [0.25, 0.3) is 11.5 Å². The van der Waals surface area contributed by atoms with Crippen molar-refractivity contribution in [1.29, 1.82) is 0 Å². The van der Waals surface area contributed by atoms with Gasteiger partial charge in [0, 0.05) is 25.7 Å². The Bertz CT molecular complexity index is 1450. The van der Waals surface area contributed by atoms with Crippen LogP contribution in [0, 0.1) is 10.7 Å². The molecule has 0 atom stereocenters. The number of carbonyl (C=O) groups excluding carboxylic acids is 1. The highest BCUT2D eigenvalue weighted by molar-refractivity contribution is 7.71. The third-order valence-electron chi connectivity index (χ3n) is 5.89. The highest BCUT2D eigenvalue weighted by Gasteiger charge is 2.16. The number of nitrogens with zero attached hydrogens (tertiary/aromatic N) is 5. The Morgan fingerprint density at radius 1 is 1.15 bits per heavy atom. The summed E-state index contributed by atoms with van der Waals surface area (Å²) in [6, 6.07) is 15.1. The lowest BCUT2D eigenvalue weighted by Gasteiger charge is -2.16. The van der Waals surface area contributed by atoms with Crippen LogP contribution in [0.2, 0.25) is 0 Å². The van der Waals surface area contributed by atoms with Crippen LogP contribution in [-0.2, 0) is 19.8 Å². The molecule has 0 radical (unpaired) electrons. The van der Waals surface area contributed by atoms with Gasteiger partial charge in [0.05, 0.1) is 17.6 Å². The molecule has 0 aliphatic heterocycles. The molecule has 4 rings (SSSR count). The number of hydrogen-bond donors (Lipinski definition) is 1. The lowest BCUT2D eigenvalue weighted by molar-refractivity contribution is 0.0963. The van der Waals surface area contributed by atoms with Crippen molar-refractivity contribution in [2.45, 2.75) is 40.0 Å². The Morgan fingerprint density at radius 2 is 1.85 bits per heavy atom. The Hall–Kier alpha value is -3.30. The predicted molar refractivity (Wildman–Crippen MR) is 137 cm³/mol. The van der Waals surface area contributed by atoms with Crippen molar-refractivity contribution >= 4 is 34.8 Å². The minimum atomic E-state index is -0.105. The molecule has 0 aliphatic rings. The quantitative estimate of drug-likeness (QED) is 0.391. The van der Waals surface area contributed by atoms with E-state index in [0.29, 0.717) is 47.2 Å². The summed E-state index contributed by atoms with van der Waals surface area (Å²) in [5.41, 5.74) is 2.43. The maximum Gasteiger partial charge on any atom is 0.262 e. The van der Waals surface area contributed by atoms with Gasteiger partial charge < -0.3 is 5.32 Å². The van der Waals surface area contributed by atoms with Gasteiger partial charge in [-0.1, -0.05) is 38.1 Å². The standard InChI is InChI=1S/C25H30N6O2S/c1-17(2)13-14-29-23(33)20-7-5-6-8-21(20)31-24(29)27-30(25(31)34)16-28(4)15-18-9-11-19(12-10-18)22(32)26-3/h5-12,17H,13-16H2,1-4H3,(H,26,32). The summed E-state index contributed by atoms with van der Waals surface area (Å²) in [6.07, 6.45) is 0.874. The lowest BCUT2D eigenvalue weighted by atomic mass is 10.1. The number of amides is 1. The van der Waals surface area contributed by atoms with E-state index in [4.69, 9.17) is 17.3 Å². The number of fused-ring (bicyclic) bond motifs is 3. The first kappa shape index (κ1) is 23.8. The monoisotopic (exact) mass is 478 g/mol. The minimum absolute atomic E-state index is 0.0412. The van der Waals surface area contributed by atoms with Crippen molar-refractivity contribution in [2.75, 3.05) is 14.1 Å². The van der Waals surface area contributed by atoms with Gasteiger partial charge in [-0.15, -0.1) is 5.10 Å². The summed E-state index contributed by atoms with van der Waals surface area (Å²) in [4.78, 5) is 27.1. The zero-order valence-corrected chi connectivity index (χ0v) is 20.8. The van der Waals surface area contributed by atoms with Crippen molar-refractivity contribution in [3.05, 3.63) is 74.8 Å². The summed E-state index contributed by atoms with van der Waals surface area (Å²) >= 11 is 5.81. The summed E-state index contributed by atoms with van der Waals surface area (Å²) in [5.74, 6) is 0.925. The number of hydrogen-bond acceptors (Lipinski definition) is 5. The van der Waals surface area contributed by atoms with E-state index in [2.05, 4.69) is 24.1 Å². The smallest absolute Gasteiger partial charge is 0.262 e. The Morgan fingerprint density at radius 3 is 2.53 bits per heavy atom. The van der Waals surface area contributed by atoms with E-state index in [9.17, 15) is 9.59 Å². The molecule has 4 aromatic rings. The summed E-state index contributed by atoms with van der Waals surface area (Å²) < 4.78 is 5.96. The van der Waals surface area contributed by atoms with Crippen molar-refractivity contribution in [1.82, 2.24) is 29.0 Å². The Labute approximate surface area is 203 Å². The SMILES string of the molecule is CNC(=O)c1ccc(CN(C)Cn2nc3n(CCC(C)C)c(=O)c4ccccc4n3c2=S)cc1. The molecule has 0 unspecified atom stereocenters. The van der Waals surface area contributed by atoms with Crippen LogP contribution in [0.3, 0.4) is 0 Å². The van der Waals surface area contributed by atoms with Crippen LogP contribution in [0.1, 0.15) is 36.2 Å². The molecular weight excluding hydrogens is 448 g/mol. The van der Waals surface area contributed by atoms with Crippen molar-refractivity contribution < 1.29 is 4.79 Å². The zero-order chi connectivity index (χ0) is 24.4. The number of rotatable bonds is 8. The molecule has 0 saturated carbocycles. The van der Waals surface area contributed by atoms with Crippen LogP contribution in [0.5, 0.6) is 0 Å². The Balaban J connectivity index is 1.68. The second-order valence-electron chi connectivity index (χ2n) is 9.01. The van der Waals surface area contributed by atoms with Crippen LogP contribution in [0.25, 0.3) is 16.7 Å². The second kappa shape index (κ2) is 9.90. The molecule has 1 amide bonds. The number of benzene rings is 2. The van der Waals surface area contributed by atoms with Crippen LogP contribution >= 0.6 is 12.2 Å². The largest absolute Gasteiger partial charge is 0.355 e. The van der Waals surface area contributed by atoms with Crippen LogP contribution < -0.4 is 10.9 Å². The average Bonchev–Trinajstić information content (AvgIpc) is 3.14. The van der Waals surface area contributed by atoms with E-state index in [1.807, 2.05) is 60.0 Å². The molecule has 0 saturated heterocycles. The van der Waals surface area contributed by atoms with Crippen LogP contribution in [0.4, 0.5) is 0 Å². The number of aromatic nitrogens is 4. The molecule has 0 bridgehead atoms. The summed E-state index contributed by atoms with van der Waals surface area (Å²) in [7, 11) is 3.61. The van der Waals surface area contributed by atoms with E-state index in [1.165, 1.54) is 0 Å². The van der Waals surface area contributed by atoms with Gasteiger partial charge in [0.1, 0.15) is 0 Å². The summed E-state index contributed by atoms with van der Waals surface area (Å²) in [5, 5.41) is 8.04. The van der Waals surface area contributed by atoms with Gasteiger partial charge in [0.2, 0.25) is 10.5 Å². The molecule has 2 heterocycles. The first-order chi connectivity index (χ1) is 16.3. The van der Waals surface area contributed by atoms with Gasteiger partial charge in [0.15, 0.2) is 0 Å². The van der Waals surface area contributed by atoms with Crippen molar-refractivity contribution in [3.8, 4) is 0 Å². The first-order valence-electron chi connectivity index (χ1n) is 11.4. The fraction of sp³-hybridized carbons (Fsp3) is 0.360. The zero-order valence-electron chi connectivity index (χ0n) is 20.0. The third kappa shape index (κ3) is 4.67. The Kier molecular flexibility index (Phi) is 6.95. The van der Waals surface area contributed by atoms with Crippen molar-refractivity contribution in [3.63, 3.8) is 0 Å². The molecule has 2 aromatic carbocycles. The van der Waals surface area contributed by atoms with Crippen LogP contribution in [0.15, 0.2) is 53.3 Å². The van der Waals surface area contributed by atoms with Gasteiger partial charge in [-0.2, -0.15) is 0 Å². The molecule has 0 aliphatic carbocycles. The molecule has 0 fully saturated rings. The first-order valence-corrected chi connectivity index (χ1v) is 11.8. The number of para-hydroxylation sites is 1. The molecule has 8 nitrogen and oxygen atoms in total. The fourth-order valence-corrected chi connectivity index (χ4v) is 4.32. The lowest BCUT2D eigenvalue weighted by Crippen LogP contribution is -2.24. The number of aryl methyl sites for hydroxylation is 1. The van der Waals surface area contributed by atoms with E-state index >= 15 is 0 Å². The normalized spacial score (nSPS) is 11.7. The van der Waals surface area contributed by atoms with E-state index in [0.717, 1.165) is 17.5 Å². The van der Waals surface area contributed by atoms with Gasteiger partial charge in [-0.05, 0) is 61.4 Å². The van der Waals surface area contributed by atoms with Gasteiger partial charge >= 0.3 is 0 Å². The molecule has 9 heteroatoms. The highest BCUT2D eigenvalue weighted by atomic mass is 32.1. The van der Waals surface area contributed by atoms with E-state index in [1.54, 1.807) is 16.3 Å². The molecular formula is C25H30N6O2S.